The molecule has 0 aliphatic carbocycles. The minimum absolute atomic E-state index is 0.0863. The molecule has 1 aliphatic heterocycles. The number of para-hydroxylation sites is 1. The summed E-state index contributed by atoms with van der Waals surface area (Å²) in [6, 6.07) is 7.99. The fourth-order valence-corrected chi connectivity index (χ4v) is 2.31. The van der Waals surface area contributed by atoms with Crippen molar-refractivity contribution >= 4 is 0 Å². The van der Waals surface area contributed by atoms with Crippen molar-refractivity contribution in [2.45, 2.75) is 25.2 Å². The lowest BCUT2D eigenvalue weighted by atomic mass is 10.0. The number of aromatic nitrogens is 2. The van der Waals surface area contributed by atoms with E-state index < -0.39 is 0 Å². The molecule has 1 unspecified atom stereocenters. The maximum absolute atomic E-state index is 5.64. The van der Waals surface area contributed by atoms with Gasteiger partial charge in [0, 0.05) is 12.0 Å². The normalized spacial score (nSPS) is 17.2. The van der Waals surface area contributed by atoms with E-state index in [9.17, 15) is 0 Å². The van der Waals surface area contributed by atoms with E-state index >= 15 is 0 Å². The Bertz CT molecular complexity index is 553. The van der Waals surface area contributed by atoms with Crippen LogP contribution in [0.25, 0.3) is 0 Å². The van der Waals surface area contributed by atoms with E-state index in [1.807, 2.05) is 18.2 Å². The minimum atomic E-state index is 0.0863. The highest BCUT2D eigenvalue weighted by atomic mass is 16.5. The van der Waals surface area contributed by atoms with E-state index in [0.29, 0.717) is 24.9 Å². The van der Waals surface area contributed by atoms with Crippen LogP contribution in [0.5, 0.6) is 5.75 Å². The zero-order valence-corrected chi connectivity index (χ0v) is 10.7. The smallest absolute Gasteiger partial charge is 0.226 e. The predicted molar refractivity (Wildman–Crippen MR) is 70.1 cm³/mol. The molecule has 1 aromatic carbocycles. The van der Waals surface area contributed by atoms with Crippen molar-refractivity contribution in [2.24, 2.45) is 5.73 Å². The lowest BCUT2D eigenvalue weighted by Gasteiger charge is -2.01. The van der Waals surface area contributed by atoms with Gasteiger partial charge in [-0.2, -0.15) is 4.98 Å². The van der Waals surface area contributed by atoms with Crippen molar-refractivity contribution < 1.29 is 9.26 Å². The summed E-state index contributed by atoms with van der Waals surface area (Å²) in [7, 11) is 0. The number of rotatable bonds is 5. The molecule has 2 heterocycles. The topological polar surface area (TPSA) is 74.2 Å². The Morgan fingerprint density at radius 1 is 1.26 bits per heavy atom. The number of nitrogens with zero attached hydrogens (tertiary/aromatic N) is 2. The van der Waals surface area contributed by atoms with Gasteiger partial charge in [0.25, 0.3) is 0 Å². The summed E-state index contributed by atoms with van der Waals surface area (Å²) in [5.74, 6) is 2.41. The number of fused-ring (bicyclic) bond motifs is 1. The summed E-state index contributed by atoms with van der Waals surface area (Å²) in [6.45, 7) is 1.28. The van der Waals surface area contributed by atoms with E-state index in [-0.39, 0.29) is 5.92 Å². The van der Waals surface area contributed by atoms with Crippen molar-refractivity contribution in [3.8, 4) is 5.75 Å². The van der Waals surface area contributed by atoms with Gasteiger partial charge in [0.15, 0.2) is 5.82 Å². The molecule has 0 amide bonds. The number of hydrogen-bond donors (Lipinski definition) is 1. The van der Waals surface area contributed by atoms with E-state index in [0.717, 1.165) is 30.6 Å². The molecule has 5 heteroatoms. The molecule has 1 aliphatic rings. The molecular weight excluding hydrogens is 242 g/mol. The first-order valence-electron chi connectivity index (χ1n) is 6.63. The van der Waals surface area contributed by atoms with Crippen molar-refractivity contribution in [3.63, 3.8) is 0 Å². The molecule has 0 saturated carbocycles. The zero-order chi connectivity index (χ0) is 13.1. The summed E-state index contributed by atoms with van der Waals surface area (Å²) in [5.41, 5.74) is 6.60. The molecule has 0 fully saturated rings. The van der Waals surface area contributed by atoms with Crippen LogP contribution in [0, 0.1) is 0 Å². The van der Waals surface area contributed by atoms with Crippen LogP contribution in [0.3, 0.4) is 0 Å². The summed E-state index contributed by atoms with van der Waals surface area (Å²) < 4.78 is 10.9. The van der Waals surface area contributed by atoms with E-state index in [1.54, 1.807) is 0 Å². The standard InChI is InChI=1S/C14H17N3O2/c15-8-4-3-7-13-16-14(17-19-13)11-9-18-12-6-2-1-5-10(11)12/h1-2,5-6,11H,3-4,7-9,15H2. The Balaban J connectivity index is 1.74. The molecule has 1 atom stereocenters. The first-order chi connectivity index (χ1) is 9.38. The Morgan fingerprint density at radius 2 is 2.16 bits per heavy atom. The number of hydrogen-bond acceptors (Lipinski definition) is 5. The summed E-state index contributed by atoms with van der Waals surface area (Å²) >= 11 is 0. The van der Waals surface area contributed by atoms with Gasteiger partial charge in [-0.15, -0.1) is 0 Å². The fraction of sp³-hybridized carbons (Fsp3) is 0.429. The van der Waals surface area contributed by atoms with Crippen LogP contribution in [-0.4, -0.2) is 23.3 Å². The summed E-state index contributed by atoms with van der Waals surface area (Å²) in [4.78, 5) is 4.46. The average Bonchev–Trinajstić information content (AvgIpc) is 3.05. The van der Waals surface area contributed by atoms with Gasteiger partial charge in [-0.25, -0.2) is 0 Å². The Hall–Kier alpha value is -1.88. The number of nitrogens with two attached hydrogens (primary N) is 1. The molecule has 0 bridgehead atoms. The second kappa shape index (κ2) is 5.40. The molecule has 0 radical (unpaired) electrons. The highest BCUT2D eigenvalue weighted by molar-refractivity contribution is 5.42. The van der Waals surface area contributed by atoms with Gasteiger partial charge < -0.3 is 15.0 Å². The third-order valence-electron chi connectivity index (χ3n) is 3.34. The third-order valence-corrected chi connectivity index (χ3v) is 3.34. The highest BCUT2D eigenvalue weighted by Gasteiger charge is 2.29. The van der Waals surface area contributed by atoms with Crippen LogP contribution < -0.4 is 10.5 Å². The van der Waals surface area contributed by atoms with Crippen LogP contribution >= 0.6 is 0 Å². The lowest BCUT2D eigenvalue weighted by Crippen LogP contribution is -2.05. The van der Waals surface area contributed by atoms with Crippen LogP contribution in [-0.2, 0) is 6.42 Å². The maximum atomic E-state index is 5.64. The second-order valence-corrected chi connectivity index (χ2v) is 4.69. The number of aryl methyl sites for hydroxylation is 1. The molecule has 5 nitrogen and oxygen atoms in total. The monoisotopic (exact) mass is 259 g/mol. The van der Waals surface area contributed by atoms with Crippen molar-refractivity contribution in [3.05, 3.63) is 41.5 Å². The van der Waals surface area contributed by atoms with Gasteiger partial charge in [-0.05, 0) is 25.5 Å². The molecule has 3 rings (SSSR count). The van der Waals surface area contributed by atoms with E-state index in [4.69, 9.17) is 15.0 Å². The summed E-state index contributed by atoms with van der Waals surface area (Å²) in [5, 5.41) is 4.08. The second-order valence-electron chi connectivity index (χ2n) is 4.69. The molecule has 2 aromatic rings. The minimum Gasteiger partial charge on any atom is -0.492 e. The first-order valence-corrected chi connectivity index (χ1v) is 6.63. The van der Waals surface area contributed by atoms with Gasteiger partial charge in [-0.3, -0.25) is 0 Å². The molecule has 19 heavy (non-hydrogen) atoms. The van der Waals surface area contributed by atoms with Crippen molar-refractivity contribution in [1.29, 1.82) is 0 Å². The Labute approximate surface area is 111 Å². The predicted octanol–water partition coefficient (Wildman–Crippen LogP) is 1.88. The van der Waals surface area contributed by atoms with Crippen LogP contribution in [0.1, 0.15) is 36.0 Å². The number of ether oxygens (including phenoxy) is 1. The number of benzene rings is 1. The van der Waals surface area contributed by atoms with Crippen LogP contribution in [0.15, 0.2) is 28.8 Å². The largest absolute Gasteiger partial charge is 0.492 e. The SMILES string of the molecule is NCCCCc1nc(C2COc3ccccc32)no1. The van der Waals surface area contributed by atoms with Gasteiger partial charge >= 0.3 is 0 Å². The Morgan fingerprint density at radius 3 is 3.05 bits per heavy atom. The van der Waals surface area contributed by atoms with Crippen molar-refractivity contribution in [2.75, 3.05) is 13.2 Å². The lowest BCUT2D eigenvalue weighted by molar-refractivity contribution is 0.331. The molecular formula is C14H17N3O2. The summed E-state index contributed by atoms with van der Waals surface area (Å²) in [6.07, 6.45) is 2.75. The molecule has 100 valence electrons. The fourth-order valence-electron chi connectivity index (χ4n) is 2.31. The van der Waals surface area contributed by atoms with E-state index in [1.165, 1.54) is 0 Å². The van der Waals surface area contributed by atoms with Crippen LogP contribution in [0.2, 0.25) is 0 Å². The van der Waals surface area contributed by atoms with E-state index in [2.05, 4.69) is 16.2 Å². The zero-order valence-electron chi connectivity index (χ0n) is 10.7. The maximum Gasteiger partial charge on any atom is 0.226 e. The van der Waals surface area contributed by atoms with Gasteiger partial charge in [0.1, 0.15) is 12.4 Å². The average molecular weight is 259 g/mol. The molecule has 1 aromatic heterocycles. The molecule has 0 saturated heterocycles. The Kier molecular flexibility index (Phi) is 3.46. The quantitative estimate of drug-likeness (QED) is 0.830. The van der Waals surface area contributed by atoms with Crippen LogP contribution in [0.4, 0.5) is 0 Å². The first kappa shape index (κ1) is 12.2. The third kappa shape index (κ3) is 2.46. The highest BCUT2D eigenvalue weighted by Crippen LogP contribution is 2.36. The van der Waals surface area contributed by atoms with Gasteiger partial charge in [0.2, 0.25) is 5.89 Å². The van der Waals surface area contributed by atoms with Gasteiger partial charge in [-0.1, -0.05) is 23.4 Å². The van der Waals surface area contributed by atoms with Crippen molar-refractivity contribution in [1.82, 2.24) is 10.1 Å². The van der Waals surface area contributed by atoms with Gasteiger partial charge in [0.05, 0.1) is 5.92 Å². The molecule has 2 N–H and O–H groups in total. The molecule has 0 spiro atoms. The number of unbranched alkanes of at least 4 members (excludes halogenated alkanes) is 1.